The molecule has 0 unspecified atom stereocenters. The second kappa shape index (κ2) is 9.75. The van der Waals surface area contributed by atoms with Crippen molar-refractivity contribution >= 4 is 25.0 Å². The molecule has 1 heterocycles. The van der Waals surface area contributed by atoms with Gasteiger partial charge in [0.15, 0.2) is 0 Å². The molecular weight excluding hydrogens is 306 g/mol. The number of ether oxygens (including phenoxy) is 1. The van der Waals surface area contributed by atoms with Crippen LogP contribution >= 0.6 is 0 Å². The third kappa shape index (κ3) is 4.92. The van der Waals surface area contributed by atoms with Crippen LogP contribution in [0.15, 0.2) is 47.6 Å². The highest BCUT2D eigenvalue weighted by molar-refractivity contribution is 5.71. The number of aliphatic imine (C=N–C) groups is 1. The summed E-state index contributed by atoms with van der Waals surface area (Å²) in [5, 5.41) is 7.85. The van der Waals surface area contributed by atoms with Crippen molar-refractivity contribution in [2.24, 2.45) is 16.5 Å². The Morgan fingerprint density at radius 3 is 2.58 bits per heavy atom. The Labute approximate surface area is 140 Å². The van der Waals surface area contributed by atoms with Crippen LogP contribution in [0.3, 0.4) is 0 Å². The number of primary amides is 1. The van der Waals surface area contributed by atoms with Crippen molar-refractivity contribution in [3.05, 3.63) is 48.1 Å². The first-order chi connectivity index (χ1) is 11.6. The lowest BCUT2D eigenvalue weighted by Gasteiger charge is -2.10. The number of carbonyl (C=O) groups excluding carboxylic acids is 1. The van der Waals surface area contributed by atoms with Gasteiger partial charge >= 0.3 is 0 Å². The molecule has 24 heavy (non-hydrogen) atoms. The third-order valence-electron chi connectivity index (χ3n) is 2.99. The summed E-state index contributed by atoms with van der Waals surface area (Å²) in [7, 11) is 0. The van der Waals surface area contributed by atoms with Crippen molar-refractivity contribution in [3.8, 4) is 16.9 Å². The average Bonchev–Trinajstić information content (AvgIpc) is 2.58. The van der Waals surface area contributed by atoms with E-state index >= 15 is 0 Å². The summed E-state index contributed by atoms with van der Waals surface area (Å²) in [4.78, 5) is 12.5. The maximum absolute atomic E-state index is 8.58. The Bertz CT molecular complexity index is 781. The lowest BCUT2D eigenvalue weighted by atomic mass is 10.1. The topological polar surface area (TPSA) is 119 Å². The highest BCUT2D eigenvalue weighted by Crippen LogP contribution is 2.32. The number of rotatable bonds is 5. The fraction of sp³-hybridized carbons (Fsp3) is 0.118. The second-order valence-electron chi connectivity index (χ2n) is 4.48. The van der Waals surface area contributed by atoms with Crippen molar-refractivity contribution in [3.63, 3.8) is 0 Å². The summed E-state index contributed by atoms with van der Waals surface area (Å²) >= 11 is 0. The summed E-state index contributed by atoms with van der Waals surface area (Å²) in [5.74, 6) is 0.606. The van der Waals surface area contributed by atoms with E-state index in [1.165, 1.54) is 0 Å². The van der Waals surface area contributed by atoms with E-state index in [2.05, 4.69) is 17.4 Å². The first-order valence-corrected chi connectivity index (χ1v) is 7.10. The molecule has 0 aliphatic heterocycles. The molecule has 7 nitrogen and oxygen atoms in total. The molecule has 2 rings (SSSR count). The molecule has 1 aromatic heterocycles. The van der Waals surface area contributed by atoms with Gasteiger partial charge in [-0.05, 0) is 49.0 Å². The highest BCUT2D eigenvalue weighted by atomic mass is 16.5. The van der Waals surface area contributed by atoms with Gasteiger partial charge in [-0.2, -0.15) is 0 Å². The van der Waals surface area contributed by atoms with Gasteiger partial charge in [0.25, 0.3) is 0 Å². The van der Waals surface area contributed by atoms with Crippen molar-refractivity contribution < 1.29 is 9.53 Å². The second-order valence-corrected chi connectivity index (χ2v) is 4.48. The Balaban J connectivity index is 0.000000891. The highest BCUT2D eigenvalue weighted by Gasteiger charge is 2.05. The van der Waals surface area contributed by atoms with E-state index in [4.69, 9.17) is 20.7 Å². The number of aromatic nitrogens is 1. The van der Waals surface area contributed by atoms with E-state index in [-0.39, 0.29) is 13.1 Å². The van der Waals surface area contributed by atoms with Crippen molar-refractivity contribution in [1.29, 1.82) is 5.41 Å². The standard InChI is InChI=1S/C16H18N4O.CH3NO/c1-3-8-20-10-13(5-7-16(20)18)12-4-6-15(21-11-17)14(9-12)19-2;2-1-3/h3-10,18H,2,11,17H2,1H3;1H,(H2,2,3)/b8-3+,18-16?;. The minimum atomic E-state index is 0.0939. The molecule has 0 aliphatic rings. The molecule has 0 fully saturated rings. The van der Waals surface area contributed by atoms with Crippen LogP contribution in [0, 0.1) is 5.41 Å². The number of benzene rings is 1. The van der Waals surface area contributed by atoms with Gasteiger partial charge in [-0.3, -0.25) is 20.9 Å². The fourth-order valence-corrected chi connectivity index (χ4v) is 2.00. The number of nitrogens with two attached hydrogens (primary N) is 2. The maximum Gasteiger partial charge on any atom is 0.204 e. The maximum atomic E-state index is 8.58. The molecule has 0 saturated heterocycles. The Morgan fingerprint density at radius 2 is 2.00 bits per heavy atom. The SMILES string of the molecule is C=Nc1cc(-c2ccc(=N)n(/C=C/C)c2)ccc1OCN.NC=O. The van der Waals surface area contributed by atoms with E-state index in [1.807, 2.05) is 49.7 Å². The monoisotopic (exact) mass is 327 g/mol. The summed E-state index contributed by atoms with van der Waals surface area (Å²) < 4.78 is 7.05. The zero-order valence-corrected chi connectivity index (χ0v) is 13.5. The molecule has 0 aliphatic carbocycles. The van der Waals surface area contributed by atoms with Gasteiger partial charge in [-0.15, -0.1) is 0 Å². The van der Waals surface area contributed by atoms with Crippen LogP contribution in [0.5, 0.6) is 5.75 Å². The normalized spacial score (nSPS) is 9.92. The summed E-state index contributed by atoms with van der Waals surface area (Å²) in [6, 6.07) is 9.28. The molecule has 1 aromatic carbocycles. The number of hydrogen-bond donors (Lipinski definition) is 3. The van der Waals surface area contributed by atoms with Gasteiger partial charge in [-0.25, -0.2) is 0 Å². The zero-order chi connectivity index (χ0) is 17.9. The van der Waals surface area contributed by atoms with E-state index in [0.29, 0.717) is 16.9 Å². The zero-order valence-electron chi connectivity index (χ0n) is 13.5. The Hall–Kier alpha value is -3.19. The molecule has 2 aromatic rings. The van der Waals surface area contributed by atoms with Crippen molar-refractivity contribution in [2.75, 3.05) is 6.73 Å². The molecule has 7 heteroatoms. The van der Waals surface area contributed by atoms with Crippen LogP contribution in [-0.4, -0.2) is 24.4 Å². The van der Waals surface area contributed by atoms with Gasteiger partial charge < -0.3 is 15.0 Å². The predicted molar refractivity (Wildman–Crippen MR) is 95.9 cm³/mol. The lowest BCUT2D eigenvalue weighted by Crippen LogP contribution is -2.13. The number of allylic oxidation sites excluding steroid dienone is 1. The van der Waals surface area contributed by atoms with Crippen molar-refractivity contribution in [1.82, 2.24) is 4.57 Å². The van der Waals surface area contributed by atoms with Crippen LogP contribution in [-0.2, 0) is 4.79 Å². The van der Waals surface area contributed by atoms with Crippen LogP contribution in [0.4, 0.5) is 5.69 Å². The van der Waals surface area contributed by atoms with Crippen molar-refractivity contribution in [2.45, 2.75) is 6.92 Å². The first kappa shape index (κ1) is 18.9. The number of nitrogens with zero attached hydrogens (tertiary/aromatic N) is 2. The molecule has 5 N–H and O–H groups in total. The molecule has 0 radical (unpaired) electrons. The fourth-order valence-electron chi connectivity index (χ4n) is 2.00. The molecule has 0 spiro atoms. The minimum Gasteiger partial charge on any atom is -0.476 e. The van der Waals surface area contributed by atoms with Gasteiger partial charge in [-0.1, -0.05) is 12.1 Å². The quantitative estimate of drug-likeness (QED) is 0.441. The Kier molecular flexibility index (Phi) is 7.66. The molecule has 0 bridgehead atoms. The minimum absolute atomic E-state index is 0.0939. The van der Waals surface area contributed by atoms with Gasteiger partial charge in [0.1, 0.15) is 23.7 Å². The number of nitrogens with one attached hydrogen (secondary N) is 1. The largest absolute Gasteiger partial charge is 0.476 e. The number of amides is 1. The van der Waals surface area contributed by atoms with Crippen LogP contribution in [0.25, 0.3) is 17.3 Å². The third-order valence-corrected chi connectivity index (χ3v) is 2.99. The molecule has 1 amide bonds. The van der Waals surface area contributed by atoms with Gasteiger partial charge in [0.05, 0.1) is 0 Å². The molecule has 0 saturated carbocycles. The summed E-state index contributed by atoms with van der Waals surface area (Å²) in [5.41, 5.74) is 12.6. The molecular formula is C17H21N5O2. The molecule has 0 atom stereocenters. The number of pyridine rings is 1. The van der Waals surface area contributed by atoms with Crippen LogP contribution in [0.1, 0.15) is 6.92 Å². The van der Waals surface area contributed by atoms with Crippen LogP contribution < -0.4 is 21.7 Å². The van der Waals surface area contributed by atoms with E-state index in [0.717, 1.165) is 11.1 Å². The lowest BCUT2D eigenvalue weighted by molar-refractivity contribution is -0.106. The smallest absolute Gasteiger partial charge is 0.204 e. The average molecular weight is 327 g/mol. The number of hydrogen-bond acceptors (Lipinski definition) is 5. The Morgan fingerprint density at radius 1 is 1.33 bits per heavy atom. The summed E-state index contributed by atoms with van der Waals surface area (Å²) in [6.07, 6.45) is 5.87. The van der Waals surface area contributed by atoms with E-state index in [9.17, 15) is 0 Å². The van der Waals surface area contributed by atoms with Gasteiger partial charge in [0.2, 0.25) is 6.41 Å². The number of carbonyl (C=O) groups is 1. The summed E-state index contributed by atoms with van der Waals surface area (Å²) in [6.45, 7) is 5.56. The van der Waals surface area contributed by atoms with Gasteiger partial charge in [0, 0.05) is 12.4 Å². The first-order valence-electron chi connectivity index (χ1n) is 7.10. The van der Waals surface area contributed by atoms with Crippen LogP contribution in [0.2, 0.25) is 0 Å². The molecule has 126 valence electrons. The van der Waals surface area contributed by atoms with E-state index < -0.39 is 0 Å². The predicted octanol–water partition coefficient (Wildman–Crippen LogP) is 1.85. The van der Waals surface area contributed by atoms with E-state index in [1.54, 1.807) is 10.6 Å².